The number of ether oxygens (including phenoxy) is 1. The summed E-state index contributed by atoms with van der Waals surface area (Å²) in [5, 5.41) is 3.10. The highest BCUT2D eigenvalue weighted by molar-refractivity contribution is 5.86. The fourth-order valence-electron chi connectivity index (χ4n) is 2.79. The highest BCUT2D eigenvalue weighted by atomic mass is 16.5. The van der Waals surface area contributed by atoms with Crippen LogP contribution >= 0.6 is 0 Å². The molecule has 1 aromatic carbocycles. The molecule has 1 atom stereocenters. The van der Waals surface area contributed by atoms with Gasteiger partial charge in [-0.25, -0.2) is 0 Å². The second-order valence-electron chi connectivity index (χ2n) is 5.57. The van der Waals surface area contributed by atoms with Gasteiger partial charge >= 0.3 is 0 Å². The summed E-state index contributed by atoms with van der Waals surface area (Å²) >= 11 is 0. The number of nitrogens with two attached hydrogens (primary N) is 1. The van der Waals surface area contributed by atoms with Gasteiger partial charge in [0.2, 0.25) is 5.91 Å². The molecule has 1 fully saturated rings. The van der Waals surface area contributed by atoms with Crippen molar-refractivity contribution in [2.24, 2.45) is 5.73 Å². The van der Waals surface area contributed by atoms with E-state index in [0.29, 0.717) is 0 Å². The standard InChI is InChI=1S/C16H24N2O2/c1-3-14(12-6-8-13(20-2)9-7-12)18-15(19)16(17)10-4-5-11-16/h6-9,14H,3-5,10-11,17H2,1-2H3,(H,18,19). The van der Waals surface area contributed by atoms with Crippen LogP contribution in [0, 0.1) is 0 Å². The fourth-order valence-corrected chi connectivity index (χ4v) is 2.79. The molecule has 0 saturated heterocycles. The van der Waals surface area contributed by atoms with Crippen LogP contribution in [0.3, 0.4) is 0 Å². The van der Waals surface area contributed by atoms with Gasteiger partial charge in [-0.2, -0.15) is 0 Å². The third-order valence-electron chi connectivity index (χ3n) is 4.18. The zero-order valence-corrected chi connectivity index (χ0v) is 12.3. The van der Waals surface area contributed by atoms with E-state index >= 15 is 0 Å². The molecule has 20 heavy (non-hydrogen) atoms. The van der Waals surface area contributed by atoms with Crippen molar-refractivity contribution in [2.75, 3.05) is 7.11 Å². The number of benzene rings is 1. The van der Waals surface area contributed by atoms with E-state index in [-0.39, 0.29) is 11.9 Å². The lowest BCUT2D eigenvalue weighted by molar-refractivity contribution is -0.127. The third kappa shape index (κ3) is 3.12. The van der Waals surface area contributed by atoms with E-state index < -0.39 is 5.54 Å². The monoisotopic (exact) mass is 276 g/mol. The normalized spacial score (nSPS) is 18.6. The van der Waals surface area contributed by atoms with E-state index in [1.807, 2.05) is 24.3 Å². The maximum absolute atomic E-state index is 12.4. The molecule has 0 aromatic heterocycles. The summed E-state index contributed by atoms with van der Waals surface area (Å²) in [5.41, 5.74) is 6.62. The van der Waals surface area contributed by atoms with Crippen molar-refractivity contribution in [3.8, 4) is 5.75 Å². The van der Waals surface area contributed by atoms with Crippen molar-refractivity contribution in [1.29, 1.82) is 0 Å². The lowest BCUT2D eigenvalue weighted by atomic mass is 9.96. The molecule has 1 saturated carbocycles. The SMILES string of the molecule is CCC(NC(=O)C1(N)CCCC1)c1ccc(OC)cc1. The summed E-state index contributed by atoms with van der Waals surface area (Å²) in [5.74, 6) is 0.804. The Morgan fingerprint density at radius 3 is 2.45 bits per heavy atom. The Balaban J connectivity index is 2.06. The van der Waals surface area contributed by atoms with E-state index in [2.05, 4.69) is 12.2 Å². The predicted molar refractivity (Wildman–Crippen MR) is 79.6 cm³/mol. The quantitative estimate of drug-likeness (QED) is 0.868. The summed E-state index contributed by atoms with van der Waals surface area (Å²) in [6, 6.07) is 7.82. The first-order chi connectivity index (χ1) is 9.59. The lowest BCUT2D eigenvalue weighted by Crippen LogP contribution is -2.52. The van der Waals surface area contributed by atoms with Crippen LogP contribution in [-0.4, -0.2) is 18.6 Å². The Morgan fingerprint density at radius 2 is 1.95 bits per heavy atom. The smallest absolute Gasteiger partial charge is 0.240 e. The zero-order valence-electron chi connectivity index (χ0n) is 12.3. The Bertz CT molecular complexity index is 450. The largest absolute Gasteiger partial charge is 0.497 e. The van der Waals surface area contributed by atoms with Crippen LogP contribution in [0.4, 0.5) is 0 Å². The molecule has 0 heterocycles. The zero-order chi connectivity index (χ0) is 14.6. The Morgan fingerprint density at radius 1 is 1.35 bits per heavy atom. The van der Waals surface area contributed by atoms with E-state index in [1.165, 1.54) is 0 Å². The number of rotatable bonds is 5. The minimum atomic E-state index is -0.667. The second kappa shape index (κ2) is 6.27. The van der Waals surface area contributed by atoms with Crippen molar-refractivity contribution >= 4 is 5.91 Å². The second-order valence-corrected chi connectivity index (χ2v) is 5.57. The van der Waals surface area contributed by atoms with Crippen LogP contribution < -0.4 is 15.8 Å². The molecule has 1 aromatic rings. The topological polar surface area (TPSA) is 64.4 Å². The lowest BCUT2D eigenvalue weighted by Gasteiger charge is -2.26. The molecule has 1 unspecified atom stereocenters. The van der Waals surface area contributed by atoms with E-state index in [9.17, 15) is 4.79 Å². The number of carbonyl (C=O) groups is 1. The molecule has 0 spiro atoms. The Hall–Kier alpha value is -1.55. The Labute approximate surface area is 120 Å². The minimum absolute atomic E-state index is 0.00873. The molecule has 3 N–H and O–H groups in total. The van der Waals surface area contributed by atoms with Gasteiger partial charge in [0.15, 0.2) is 0 Å². The molecule has 4 heteroatoms. The predicted octanol–water partition coefficient (Wildman–Crippen LogP) is 2.53. The summed E-state index contributed by atoms with van der Waals surface area (Å²) < 4.78 is 5.15. The molecule has 1 aliphatic carbocycles. The van der Waals surface area contributed by atoms with Crippen molar-refractivity contribution < 1.29 is 9.53 Å². The molecule has 0 radical (unpaired) electrons. The molecule has 0 bridgehead atoms. The number of nitrogens with one attached hydrogen (secondary N) is 1. The summed E-state index contributed by atoms with van der Waals surface area (Å²) in [6.45, 7) is 2.06. The molecular weight excluding hydrogens is 252 g/mol. The van der Waals surface area contributed by atoms with Crippen molar-refractivity contribution in [1.82, 2.24) is 5.32 Å². The number of amides is 1. The number of hydrogen-bond donors (Lipinski definition) is 2. The van der Waals surface area contributed by atoms with Gasteiger partial charge in [0, 0.05) is 0 Å². The van der Waals surface area contributed by atoms with Gasteiger partial charge in [-0.15, -0.1) is 0 Å². The van der Waals surface area contributed by atoms with Gasteiger partial charge in [-0.1, -0.05) is 31.9 Å². The summed E-state index contributed by atoms with van der Waals surface area (Å²) in [7, 11) is 1.65. The van der Waals surface area contributed by atoms with Gasteiger partial charge in [0.1, 0.15) is 5.75 Å². The van der Waals surface area contributed by atoms with Crippen LogP contribution in [0.2, 0.25) is 0 Å². The van der Waals surface area contributed by atoms with Crippen molar-refractivity contribution in [2.45, 2.75) is 50.6 Å². The van der Waals surface area contributed by atoms with Crippen LogP contribution in [-0.2, 0) is 4.79 Å². The highest BCUT2D eigenvalue weighted by Gasteiger charge is 2.37. The summed E-state index contributed by atoms with van der Waals surface area (Å²) in [4.78, 5) is 12.4. The third-order valence-corrected chi connectivity index (χ3v) is 4.18. The molecule has 1 amide bonds. The first kappa shape index (κ1) is 14.9. The van der Waals surface area contributed by atoms with Crippen LogP contribution in [0.25, 0.3) is 0 Å². The minimum Gasteiger partial charge on any atom is -0.497 e. The van der Waals surface area contributed by atoms with Crippen LogP contribution in [0.1, 0.15) is 50.6 Å². The summed E-state index contributed by atoms with van der Waals surface area (Å²) in [6.07, 6.45) is 4.51. The molecule has 1 aliphatic rings. The highest BCUT2D eigenvalue weighted by Crippen LogP contribution is 2.29. The van der Waals surface area contributed by atoms with Gasteiger partial charge in [0.05, 0.1) is 18.7 Å². The molecule has 4 nitrogen and oxygen atoms in total. The van der Waals surface area contributed by atoms with Crippen molar-refractivity contribution in [3.05, 3.63) is 29.8 Å². The van der Waals surface area contributed by atoms with Gasteiger partial charge < -0.3 is 15.8 Å². The Kier molecular flexibility index (Phi) is 4.65. The average Bonchev–Trinajstić information content (AvgIpc) is 2.93. The first-order valence-electron chi connectivity index (χ1n) is 7.33. The fraction of sp³-hybridized carbons (Fsp3) is 0.562. The van der Waals surface area contributed by atoms with Crippen LogP contribution in [0.15, 0.2) is 24.3 Å². The van der Waals surface area contributed by atoms with E-state index in [4.69, 9.17) is 10.5 Å². The molecule has 0 aliphatic heterocycles. The number of carbonyl (C=O) groups excluding carboxylic acids is 1. The van der Waals surface area contributed by atoms with Gasteiger partial charge in [-0.05, 0) is 37.0 Å². The average molecular weight is 276 g/mol. The van der Waals surface area contributed by atoms with Crippen molar-refractivity contribution in [3.63, 3.8) is 0 Å². The molecule has 2 rings (SSSR count). The van der Waals surface area contributed by atoms with E-state index in [1.54, 1.807) is 7.11 Å². The number of methoxy groups -OCH3 is 1. The van der Waals surface area contributed by atoms with Gasteiger partial charge in [0.25, 0.3) is 0 Å². The van der Waals surface area contributed by atoms with E-state index in [0.717, 1.165) is 43.4 Å². The van der Waals surface area contributed by atoms with Gasteiger partial charge in [-0.3, -0.25) is 4.79 Å². The first-order valence-corrected chi connectivity index (χ1v) is 7.33. The molecular formula is C16H24N2O2. The maximum Gasteiger partial charge on any atom is 0.240 e. The number of hydrogen-bond acceptors (Lipinski definition) is 3. The maximum atomic E-state index is 12.4. The van der Waals surface area contributed by atoms with Crippen LogP contribution in [0.5, 0.6) is 5.75 Å². The molecule has 110 valence electrons.